The van der Waals surface area contributed by atoms with Gasteiger partial charge >= 0.3 is 0 Å². The highest BCUT2D eigenvalue weighted by Gasteiger charge is 2.02. The maximum absolute atomic E-state index is 8.68. The van der Waals surface area contributed by atoms with Crippen LogP contribution in [0, 0.1) is 11.3 Å². The molecule has 0 saturated carbocycles. The van der Waals surface area contributed by atoms with Gasteiger partial charge in [0.2, 0.25) is 0 Å². The van der Waals surface area contributed by atoms with E-state index in [0.29, 0.717) is 23.6 Å². The van der Waals surface area contributed by atoms with E-state index in [2.05, 4.69) is 20.3 Å². The highest BCUT2D eigenvalue weighted by Crippen LogP contribution is 2.15. The van der Waals surface area contributed by atoms with Crippen LogP contribution in [0.25, 0.3) is 0 Å². The fraction of sp³-hybridized carbons (Fsp3) is 0.182. The van der Waals surface area contributed by atoms with Crippen molar-refractivity contribution in [1.82, 2.24) is 15.0 Å². The van der Waals surface area contributed by atoms with Crippen molar-refractivity contribution in [3.63, 3.8) is 0 Å². The second-order valence-electron chi connectivity index (χ2n) is 3.53. The summed E-state index contributed by atoms with van der Waals surface area (Å²) in [6.07, 6.45) is 5.72. The summed E-state index contributed by atoms with van der Waals surface area (Å²) < 4.78 is 0. The first kappa shape index (κ1) is 11.0. The Morgan fingerprint density at radius 2 is 2.35 bits per heavy atom. The molecule has 0 spiro atoms. The van der Waals surface area contributed by atoms with Gasteiger partial charge in [-0.15, -0.1) is 0 Å². The molecule has 0 fully saturated rings. The predicted molar refractivity (Wildman–Crippen MR) is 64.1 cm³/mol. The highest BCUT2D eigenvalue weighted by molar-refractivity contribution is 5.62. The van der Waals surface area contributed by atoms with Gasteiger partial charge in [0.25, 0.3) is 0 Å². The molecule has 2 aromatic heterocycles. The summed E-state index contributed by atoms with van der Waals surface area (Å²) in [5.41, 5.74) is 7.75. The normalized spacial score (nSPS) is 9.82. The third kappa shape index (κ3) is 2.72. The zero-order chi connectivity index (χ0) is 12.1. The largest absolute Gasteiger partial charge is 0.396 e. The minimum Gasteiger partial charge on any atom is -0.396 e. The number of aromatic nitrogens is 3. The zero-order valence-electron chi connectivity index (χ0n) is 9.14. The summed E-state index contributed by atoms with van der Waals surface area (Å²) in [7, 11) is 0. The van der Waals surface area contributed by atoms with Gasteiger partial charge < -0.3 is 16.0 Å². The van der Waals surface area contributed by atoms with Crippen molar-refractivity contribution < 1.29 is 0 Å². The molecule has 0 unspecified atom stereocenters. The lowest BCUT2D eigenvalue weighted by molar-refractivity contribution is 0.968. The van der Waals surface area contributed by atoms with Crippen LogP contribution in [0.1, 0.15) is 11.3 Å². The summed E-state index contributed by atoms with van der Waals surface area (Å²) in [5, 5.41) is 11.8. The Bertz CT molecular complexity index is 525. The molecule has 0 amide bonds. The average molecular weight is 228 g/mol. The Hall–Kier alpha value is -2.55. The SMILES string of the molecule is N#Cc1cnc(NCCc2cnc[nH]2)c(N)c1. The Labute approximate surface area is 98.5 Å². The molecule has 6 heteroatoms. The number of nitrogen functional groups attached to an aromatic ring is 1. The van der Waals surface area contributed by atoms with E-state index in [-0.39, 0.29) is 0 Å². The topological polar surface area (TPSA) is 103 Å². The molecule has 86 valence electrons. The van der Waals surface area contributed by atoms with E-state index in [1.165, 1.54) is 6.20 Å². The number of nitrogens with zero attached hydrogens (tertiary/aromatic N) is 3. The molecule has 2 rings (SSSR count). The number of rotatable bonds is 4. The van der Waals surface area contributed by atoms with Crippen LogP contribution in [-0.4, -0.2) is 21.5 Å². The molecule has 4 N–H and O–H groups in total. The molecule has 0 atom stereocenters. The summed E-state index contributed by atoms with van der Waals surface area (Å²) in [6, 6.07) is 3.59. The standard InChI is InChI=1S/C11H12N6/c12-4-8-3-10(13)11(16-5-8)15-2-1-9-6-14-7-17-9/h3,5-7H,1-2,13H2,(H,14,17)(H,15,16). The van der Waals surface area contributed by atoms with Crippen LogP contribution in [0.3, 0.4) is 0 Å². The average Bonchev–Trinajstić information content (AvgIpc) is 2.84. The number of aromatic amines is 1. The minimum absolute atomic E-state index is 0.460. The van der Waals surface area contributed by atoms with Crippen LogP contribution in [0.2, 0.25) is 0 Å². The van der Waals surface area contributed by atoms with Crippen LogP contribution < -0.4 is 11.1 Å². The maximum Gasteiger partial charge on any atom is 0.149 e. The molecule has 6 nitrogen and oxygen atoms in total. The first-order chi connectivity index (χ1) is 8.29. The molecule has 2 heterocycles. The van der Waals surface area contributed by atoms with Crippen molar-refractivity contribution in [3.8, 4) is 6.07 Å². The molecule has 0 radical (unpaired) electrons. The maximum atomic E-state index is 8.68. The van der Waals surface area contributed by atoms with Crippen molar-refractivity contribution in [3.05, 3.63) is 36.0 Å². The van der Waals surface area contributed by atoms with Gasteiger partial charge in [0.05, 0.1) is 17.6 Å². The highest BCUT2D eigenvalue weighted by atomic mass is 15.0. The Morgan fingerprint density at radius 1 is 1.47 bits per heavy atom. The van der Waals surface area contributed by atoms with Crippen LogP contribution in [-0.2, 0) is 6.42 Å². The smallest absolute Gasteiger partial charge is 0.149 e. The van der Waals surface area contributed by atoms with Gasteiger partial charge in [-0.05, 0) is 6.07 Å². The van der Waals surface area contributed by atoms with Gasteiger partial charge in [-0.25, -0.2) is 9.97 Å². The molecule has 0 bridgehead atoms. The van der Waals surface area contributed by atoms with E-state index in [1.54, 1.807) is 18.6 Å². The minimum atomic E-state index is 0.460. The van der Waals surface area contributed by atoms with Crippen molar-refractivity contribution in [2.45, 2.75) is 6.42 Å². The Kier molecular flexibility index (Phi) is 3.21. The summed E-state index contributed by atoms with van der Waals surface area (Å²) in [6.45, 7) is 0.700. The Morgan fingerprint density at radius 3 is 3.00 bits per heavy atom. The van der Waals surface area contributed by atoms with Gasteiger partial charge in [-0.3, -0.25) is 0 Å². The van der Waals surface area contributed by atoms with Gasteiger partial charge in [-0.1, -0.05) is 0 Å². The second kappa shape index (κ2) is 4.99. The summed E-state index contributed by atoms with van der Waals surface area (Å²) in [4.78, 5) is 11.0. The number of nitriles is 1. The van der Waals surface area contributed by atoms with Crippen LogP contribution in [0.5, 0.6) is 0 Å². The lowest BCUT2D eigenvalue weighted by Crippen LogP contribution is -2.08. The summed E-state index contributed by atoms with van der Waals surface area (Å²) in [5.74, 6) is 0.600. The molecule has 0 aromatic carbocycles. The monoisotopic (exact) mass is 228 g/mol. The van der Waals surface area contributed by atoms with E-state index in [9.17, 15) is 0 Å². The van der Waals surface area contributed by atoms with Crippen molar-refractivity contribution >= 4 is 11.5 Å². The first-order valence-corrected chi connectivity index (χ1v) is 5.16. The number of imidazole rings is 1. The first-order valence-electron chi connectivity index (χ1n) is 5.16. The van der Waals surface area contributed by atoms with Gasteiger partial charge in [0.15, 0.2) is 0 Å². The quantitative estimate of drug-likeness (QED) is 0.721. The molecular weight excluding hydrogens is 216 g/mol. The number of hydrogen-bond acceptors (Lipinski definition) is 5. The number of nitrogens with one attached hydrogen (secondary N) is 2. The number of hydrogen-bond donors (Lipinski definition) is 3. The molecule has 17 heavy (non-hydrogen) atoms. The van der Waals surface area contributed by atoms with E-state index in [1.807, 2.05) is 6.07 Å². The van der Waals surface area contributed by atoms with Gasteiger partial charge in [0.1, 0.15) is 11.9 Å². The lowest BCUT2D eigenvalue weighted by Gasteiger charge is -2.07. The molecular formula is C11H12N6. The number of H-pyrrole nitrogens is 1. The van der Waals surface area contributed by atoms with Gasteiger partial charge in [0, 0.05) is 31.1 Å². The fourth-order valence-corrected chi connectivity index (χ4v) is 1.43. The van der Waals surface area contributed by atoms with Gasteiger partial charge in [-0.2, -0.15) is 5.26 Å². The Balaban J connectivity index is 1.93. The fourth-order valence-electron chi connectivity index (χ4n) is 1.43. The van der Waals surface area contributed by atoms with E-state index in [4.69, 9.17) is 11.0 Å². The molecule has 0 aliphatic heterocycles. The molecule has 0 saturated heterocycles. The lowest BCUT2D eigenvalue weighted by atomic mass is 10.2. The van der Waals surface area contributed by atoms with E-state index < -0.39 is 0 Å². The predicted octanol–water partition coefficient (Wildman–Crippen LogP) is 0.913. The van der Waals surface area contributed by atoms with Crippen molar-refractivity contribution in [1.29, 1.82) is 5.26 Å². The second-order valence-corrected chi connectivity index (χ2v) is 3.53. The van der Waals surface area contributed by atoms with E-state index in [0.717, 1.165) is 12.1 Å². The summed E-state index contributed by atoms with van der Waals surface area (Å²) >= 11 is 0. The van der Waals surface area contributed by atoms with Crippen LogP contribution in [0.15, 0.2) is 24.8 Å². The number of nitrogens with two attached hydrogens (primary N) is 1. The third-order valence-electron chi connectivity index (χ3n) is 2.29. The van der Waals surface area contributed by atoms with Crippen molar-refractivity contribution in [2.75, 3.05) is 17.6 Å². The number of pyridine rings is 1. The molecule has 0 aliphatic rings. The molecule has 2 aromatic rings. The van der Waals surface area contributed by atoms with Crippen LogP contribution >= 0.6 is 0 Å². The zero-order valence-corrected chi connectivity index (χ0v) is 9.14. The number of anilines is 2. The van der Waals surface area contributed by atoms with Crippen LogP contribution in [0.4, 0.5) is 11.5 Å². The molecule has 0 aliphatic carbocycles. The third-order valence-corrected chi connectivity index (χ3v) is 2.29. The van der Waals surface area contributed by atoms with E-state index >= 15 is 0 Å². The van der Waals surface area contributed by atoms with Crippen molar-refractivity contribution in [2.24, 2.45) is 0 Å².